The van der Waals surface area contributed by atoms with Crippen LogP contribution in [0.4, 0.5) is 8.78 Å². The third-order valence-corrected chi connectivity index (χ3v) is 4.35. The highest BCUT2D eigenvalue weighted by Gasteiger charge is 2.13. The van der Waals surface area contributed by atoms with Crippen LogP contribution in [0.15, 0.2) is 24.3 Å². The van der Waals surface area contributed by atoms with Gasteiger partial charge in [0.1, 0.15) is 0 Å². The van der Waals surface area contributed by atoms with Gasteiger partial charge in [-0.1, -0.05) is 18.2 Å². The van der Waals surface area contributed by atoms with Crippen LogP contribution in [0, 0.1) is 5.92 Å². The van der Waals surface area contributed by atoms with E-state index in [1.165, 1.54) is 30.4 Å². The molecule has 4 heteroatoms. The molecule has 0 amide bonds. The van der Waals surface area contributed by atoms with Crippen molar-refractivity contribution in [1.82, 2.24) is 5.32 Å². The van der Waals surface area contributed by atoms with E-state index < -0.39 is 6.43 Å². The highest BCUT2D eigenvalue weighted by Crippen LogP contribution is 2.22. The van der Waals surface area contributed by atoms with E-state index in [0.717, 1.165) is 18.0 Å². The standard InChI is InChI=1S/C14H19F2NS/c15-14(16)13-3-1-2-12(8-13)10-17-9-11-4-6-18-7-5-11/h1-3,8,11,14,17H,4-7,9-10H2. The Balaban J connectivity index is 1.77. The fraction of sp³-hybridized carbons (Fsp3) is 0.571. The van der Waals surface area contributed by atoms with Crippen molar-refractivity contribution in [3.8, 4) is 0 Å². The second-order valence-electron chi connectivity index (χ2n) is 4.73. The first-order valence-electron chi connectivity index (χ1n) is 6.41. The monoisotopic (exact) mass is 271 g/mol. The number of nitrogens with one attached hydrogen (secondary N) is 1. The molecular formula is C14H19F2NS. The van der Waals surface area contributed by atoms with E-state index in [0.29, 0.717) is 6.54 Å². The van der Waals surface area contributed by atoms with Gasteiger partial charge in [-0.2, -0.15) is 11.8 Å². The molecule has 100 valence electrons. The molecule has 0 bridgehead atoms. The molecule has 0 atom stereocenters. The van der Waals surface area contributed by atoms with Crippen LogP contribution in [0.5, 0.6) is 0 Å². The fourth-order valence-corrected chi connectivity index (χ4v) is 3.41. The van der Waals surface area contributed by atoms with Crippen LogP contribution in [0.2, 0.25) is 0 Å². The average molecular weight is 271 g/mol. The van der Waals surface area contributed by atoms with Crippen molar-refractivity contribution in [3.63, 3.8) is 0 Å². The number of hydrogen-bond acceptors (Lipinski definition) is 2. The third kappa shape index (κ3) is 4.25. The molecule has 0 aromatic heterocycles. The highest BCUT2D eigenvalue weighted by molar-refractivity contribution is 7.99. The van der Waals surface area contributed by atoms with Crippen LogP contribution in [0.3, 0.4) is 0 Å². The number of alkyl halides is 2. The SMILES string of the molecule is FC(F)c1cccc(CNCC2CCSCC2)c1. The smallest absolute Gasteiger partial charge is 0.263 e. The Labute approximate surface area is 111 Å². The normalized spacial score (nSPS) is 17.3. The predicted octanol–water partition coefficient (Wildman–Crippen LogP) is 3.86. The molecule has 1 N–H and O–H groups in total. The second-order valence-corrected chi connectivity index (χ2v) is 5.96. The molecule has 1 nitrogen and oxygen atoms in total. The summed E-state index contributed by atoms with van der Waals surface area (Å²) in [5.74, 6) is 3.27. The summed E-state index contributed by atoms with van der Waals surface area (Å²) in [7, 11) is 0. The zero-order chi connectivity index (χ0) is 12.8. The lowest BCUT2D eigenvalue weighted by Gasteiger charge is -2.21. The third-order valence-electron chi connectivity index (χ3n) is 3.31. The van der Waals surface area contributed by atoms with Gasteiger partial charge in [-0.05, 0) is 48.4 Å². The van der Waals surface area contributed by atoms with Crippen molar-refractivity contribution in [1.29, 1.82) is 0 Å². The Kier molecular flexibility index (Phi) is 5.45. The van der Waals surface area contributed by atoms with Gasteiger partial charge in [-0.3, -0.25) is 0 Å². The van der Waals surface area contributed by atoms with Crippen LogP contribution in [-0.4, -0.2) is 18.1 Å². The molecule has 1 heterocycles. The van der Waals surface area contributed by atoms with Gasteiger partial charge in [-0.25, -0.2) is 8.78 Å². The van der Waals surface area contributed by atoms with Crippen molar-refractivity contribution >= 4 is 11.8 Å². The molecule has 1 saturated heterocycles. The quantitative estimate of drug-likeness (QED) is 0.873. The molecule has 0 saturated carbocycles. The van der Waals surface area contributed by atoms with Gasteiger partial charge in [0.25, 0.3) is 6.43 Å². The van der Waals surface area contributed by atoms with Gasteiger partial charge in [0.2, 0.25) is 0 Å². The number of halogens is 2. The predicted molar refractivity (Wildman–Crippen MR) is 73.2 cm³/mol. The minimum Gasteiger partial charge on any atom is -0.312 e. The maximum atomic E-state index is 12.5. The highest BCUT2D eigenvalue weighted by atomic mass is 32.2. The molecule has 1 aromatic carbocycles. The first-order chi connectivity index (χ1) is 8.75. The molecule has 1 aromatic rings. The Bertz CT molecular complexity index is 365. The number of rotatable bonds is 5. The zero-order valence-electron chi connectivity index (χ0n) is 10.4. The molecule has 1 aliphatic rings. The first kappa shape index (κ1) is 13.8. The Hall–Kier alpha value is -0.610. The van der Waals surface area contributed by atoms with E-state index in [-0.39, 0.29) is 5.56 Å². The van der Waals surface area contributed by atoms with Gasteiger partial charge < -0.3 is 5.32 Å². The van der Waals surface area contributed by atoms with E-state index in [1.54, 1.807) is 12.1 Å². The van der Waals surface area contributed by atoms with Crippen LogP contribution in [-0.2, 0) is 6.54 Å². The summed E-state index contributed by atoms with van der Waals surface area (Å²) in [6.45, 7) is 1.68. The van der Waals surface area contributed by atoms with E-state index in [9.17, 15) is 8.78 Å². The molecule has 0 unspecified atom stereocenters. The van der Waals surface area contributed by atoms with Crippen molar-refractivity contribution < 1.29 is 8.78 Å². The van der Waals surface area contributed by atoms with Crippen LogP contribution < -0.4 is 5.32 Å². The maximum absolute atomic E-state index is 12.5. The van der Waals surface area contributed by atoms with E-state index in [2.05, 4.69) is 5.32 Å². The van der Waals surface area contributed by atoms with Crippen molar-refractivity contribution in [3.05, 3.63) is 35.4 Å². The topological polar surface area (TPSA) is 12.0 Å². The van der Waals surface area contributed by atoms with E-state index in [4.69, 9.17) is 0 Å². The number of hydrogen-bond donors (Lipinski definition) is 1. The summed E-state index contributed by atoms with van der Waals surface area (Å²) in [6.07, 6.45) is 0.170. The Morgan fingerprint density at radius 3 is 2.78 bits per heavy atom. The van der Waals surface area contributed by atoms with E-state index >= 15 is 0 Å². The minimum atomic E-state index is -2.37. The molecule has 2 rings (SSSR count). The summed E-state index contributed by atoms with van der Waals surface area (Å²) in [4.78, 5) is 0. The molecule has 18 heavy (non-hydrogen) atoms. The molecule has 1 aliphatic heterocycles. The molecular weight excluding hydrogens is 252 g/mol. The molecule has 0 aliphatic carbocycles. The van der Waals surface area contributed by atoms with Gasteiger partial charge in [0, 0.05) is 12.1 Å². The Morgan fingerprint density at radius 1 is 1.28 bits per heavy atom. The van der Waals surface area contributed by atoms with Gasteiger partial charge >= 0.3 is 0 Å². The first-order valence-corrected chi connectivity index (χ1v) is 7.56. The van der Waals surface area contributed by atoms with Crippen LogP contribution in [0.1, 0.15) is 30.4 Å². The Morgan fingerprint density at radius 2 is 2.06 bits per heavy atom. The van der Waals surface area contributed by atoms with Crippen LogP contribution in [0.25, 0.3) is 0 Å². The second kappa shape index (κ2) is 7.10. The lowest BCUT2D eigenvalue weighted by Crippen LogP contribution is -2.25. The van der Waals surface area contributed by atoms with Crippen molar-refractivity contribution in [2.24, 2.45) is 5.92 Å². The summed E-state index contributed by atoms with van der Waals surface area (Å²) in [5.41, 5.74) is 1.06. The lowest BCUT2D eigenvalue weighted by atomic mass is 10.0. The molecule has 1 fully saturated rings. The maximum Gasteiger partial charge on any atom is 0.263 e. The molecule has 0 radical (unpaired) electrons. The summed E-state index contributed by atoms with van der Waals surface area (Å²) < 4.78 is 25.1. The van der Waals surface area contributed by atoms with Crippen molar-refractivity contribution in [2.75, 3.05) is 18.1 Å². The number of thioether (sulfide) groups is 1. The van der Waals surface area contributed by atoms with Gasteiger partial charge in [-0.15, -0.1) is 0 Å². The summed E-state index contributed by atoms with van der Waals surface area (Å²) >= 11 is 2.02. The van der Waals surface area contributed by atoms with Gasteiger partial charge in [0.15, 0.2) is 0 Å². The van der Waals surface area contributed by atoms with Crippen molar-refractivity contribution in [2.45, 2.75) is 25.8 Å². The minimum absolute atomic E-state index is 0.114. The number of benzene rings is 1. The van der Waals surface area contributed by atoms with Crippen LogP contribution >= 0.6 is 11.8 Å². The van der Waals surface area contributed by atoms with Gasteiger partial charge in [0.05, 0.1) is 0 Å². The summed E-state index contributed by atoms with van der Waals surface area (Å²) in [6, 6.07) is 6.67. The zero-order valence-corrected chi connectivity index (χ0v) is 11.2. The molecule has 0 spiro atoms. The summed E-state index contributed by atoms with van der Waals surface area (Å²) in [5, 5.41) is 3.38. The fourth-order valence-electron chi connectivity index (χ4n) is 2.21. The average Bonchev–Trinajstić information content (AvgIpc) is 2.40. The lowest BCUT2D eigenvalue weighted by molar-refractivity contribution is 0.151. The van der Waals surface area contributed by atoms with E-state index in [1.807, 2.05) is 17.8 Å². The largest absolute Gasteiger partial charge is 0.312 e.